The molecule has 2 N–H and O–H groups in total. The van der Waals surface area contributed by atoms with Crippen molar-refractivity contribution in [3.8, 4) is 5.75 Å². The monoisotopic (exact) mass is 149 g/mol. The Bertz CT molecular complexity index is 266. The van der Waals surface area contributed by atoms with E-state index in [0.29, 0.717) is 11.1 Å². The summed E-state index contributed by atoms with van der Waals surface area (Å²) >= 11 is 0. The predicted octanol–water partition coefficient (Wildman–Crippen LogP) is 1.92. The Labute approximate surface area is 65.4 Å². The van der Waals surface area contributed by atoms with Crippen molar-refractivity contribution in [1.29, 1.82) is 0 Å². The molecule has 0 fully saturated rings. The number of rotatable bonds is 2. The van der Waals surface area contributed by atoms with Crippen molar-refractivity contribution in [2.24, 2.45) is 0 Å². The lowest BCUT2D eigenvalue weighted by Gasteiger charge is -2.02. The van der Waals surface area contributed by atoms with Crippen LogP contribution in [0.4, 0.5) is 0 Å². The van der Waals surface area contributed by atoms with E-state index in [-0.39, 0.29) is 5.75 Å². The molecule has 57 valence electrons. The van der Waals surface area contributed by atoms with Gasteiger partial charge in [0, 0.05) is 5.56 Å². The van der Waals surface area contributed by atoms with Gasteiger partial charge in [-0.3, -0.25) is 0 Å². The molecule has 0 heterocycles. The normalized spacial score (nSPS) is 9.55. The van der Waals surface area contributed by atoms with Crippen molar-refractivity contribution < 1.29 is 10.2 Å². The molecule has 1 aromatic rings. The number of aliphatic hydroxyl groups excluding tert-OH is 1. The van der Waals surface area contributed by atoms with Gasteiger partial charge in [-0.15, -0.1) is 0 Å². The fraction of sp³-hybridized carbons (Fsp3) is 0. The van der Waals surface area contributed by atoms with Gasteiger partial charge in [0.2, 0.25) is 0 Å². The Hall–Kier alpha value is -1.28. The van der Waals surface area contributed by atoms with Crippen molar-refractivity contribution >= 4 is 6.08 Å². The van der Waals surface area contributed by atoms with E-state index >= 15 is 0 Å². The molecule has 0 bridgehead atoms. The molecule has 0 aliphatic rings. The first-order chi connectivity index (χ1) is 5.29. The summed E-state index contributed by atoms with van der Waals surface area (Å²) in [6.07, 6.45) is 1.50. The maximum Gasteiger partial charge on any atom is 0.123 e. The van der Waals surface area contributed by atoms with Crippen LogP contribution < -0.4 is 0 Å². The number of hydrogen-bond acceptors (Lipinski definition) is 2. The lowest BCUT2D eigenvalue weighted by atomic mass is 10.1. The predicted molar refractivity (Wildman–Crippen MR) is 43.5 cm³/mol. The van der Waals surface area contributed by atoms with E-state index < -0.39 is 0 Å². The van der Waals surface area contributed by atoms with Gasteiger partial charge in [0.1, 0.15) is 12.4 Å². The van der Waals surface area contributed by atoms with Gasteiger partial charge in [0.15, 0.2) is 0 Å². The third-order valence-electron chi connectivity index (χ3n) is 1.46. The molecule has 0 saturated heterocycles. The van der Waals surface area contributed by atoms with Gasteiger partial charge in [0.25, 0.3) is 0 Å². The molecule has 11 heavy (non-hydrogen) atoms. The summed E-state index contributed by atoms with van der Waals surface area (Å²) in [5.41, 5.74) is 1.12. The van der Waals surface area contributed by atoms with E-state index in [1.807, 2.05) is 0 Å². The first-order valence-corrected chi connectivity index (χ1v) is 3.21. The van der Waals surface area contributed by atoms with E-state index in [9.17, 15) is 5.11 Å². The molecule has 1 rings (SSSR count). The minimum atomic E-state index is 0.128. The number of benzene rings is 1. The largest absolute Gasteiger partial charge is 0.507 e. The van der Waals surface area contributed by atoms with Crippen LogP contribution in [0.5, 0.6) is 5.75 Å². The van der Waals surface area contributed by atoms with E-state index in [1.54, 1.807) is 18.2 Å². The highest BCUT2D eigenvalue weighted by atomic mass is 16.3. The molecule has 0 unspecified atom stereocenters. The summed E-state index contributed by atoms with van der Waals surface area (Å²) in [6.45, 7) is 4.45. The van der Waals surface area contributed by atoms with Gasteiger partial charge in [-0.25, -0.2) is 0 Å². The first kappa shape index (κ1) is 7.82. The maximum absolute atomic E-state index is 9.22. The van der Waals surface area contributed by atoms with Gasteiger partial charge in [0.05, 0.1) is 0 Å². The van der Waals surface area contributed by atoms with Crippen molar-refractivity contribution in [2.75, 3.05) is 0 Å². The van der Waals surface area contributed by atoms with Gasteiger partial charge in [-0.1, -0.05) is 24.8 Å². The third kappa shape index (κ3) is 1.41. The van der Waals surface area contributed by atoms with Crippen LogP contribution in [-0.4, -0.2) is 10.2 Å². The van der Waals surface area contributed by atoms with Crippen molar-refractivity contribution in [1.82, 2.24) is 0 Å². The minimum absolute atomic E-state index is 0.128. The topological polar surface area (TPSA) is 40.5 Å². The van der Waals surface area contributed by atoms with Crippen molar-refractivity contribution in [3.05, 3.63) is 42.5 Å². The van der Waals surface area contributed by atoms with Crippen LogP contribution in [-0.2, 0) is 0 Å². The number of aliphatic hydroxyl groups is 1. The maximum atomic E-state index is 9.22. The molecule has 0 aliphatic carbocycles. The zero-order valence-corrected chi connectivity index (χ0v) is 5.99. The molecule has 0 spiro atoms. The smallest absolute Gasteiger partial charge is 0.123 e. The number of aromatic hydroxyl groups is 1. The zero-order chi connectivity index (χ0) is 8.27. The van der Waals surface area contributed by atoms with Crippen LogP contribution in [0.1, 0.15) is 11.1 Å². The average Bonchev–Trinajstić information content (AvgIpc) is 2.04. The highest BCUT2D eigenvalue weighted by Crippen LogP contribution is 2.22. The second-order valence-electron chi connectivity index (χ2n) is 2.11. The molecule has 1 radical (unpaired) electrons. The van der Waals surface area contributed by atoms with Crippen molar-refractivity contribution in [2.45, 2.75) is 0 Å². The second kappa shape index (κ2) is 3.21. The lowest BCUT2D eigenvalue weighted by molar-refractivity contribution is 0.412. The van der Waals surface area contributed by atoms with Crippen LogP contribution in [0.2, 0.25) is 0 Å². The summed E-state index contributed by atoms with van der Waals surface area (Å²) in [5, 5.41) is 17.9. The Kier molecular flexibility index (Phi) is 2.28. The molecule has 0 atom stereocenters. The fourth-order valence-corrected chi connectivity index (χ4v) is 0.905. The summed E-state index contributed by atoms with van der Waals surface area (Å²) in [7, 11) is 0. The standard InChI is InChI=1S/C9H9O2/c1-2-8-7(6-10)4-3-5-9(8)11/h2-6,10-11H,1H2. The Morgan fingerprint density at radius 2 is 2.09 bits per heavy atom. The molecule has 1 aromatic carbocycles. The SMILES string of the molecule is C=Cc1c(O)cccc1[CH]O. The summed E-state index contributed by atoms with van der Waals surface area (Å²) < 4.78 is 0. The molecule has 2 nitrogen and oxygen atoms in total. The lowest BCUT2D eigenvalue weighted by Crippen LogP contribution is -1.85. The Morgan fingerprint density at radius 1 is 1.36 bits per heavy atom. The van der Waals surface area contributed by atoms with E-state index in [4.69, 9.17) is 5.11 Å². The highest BCUT2D eigenvalue weighted by Gasteiger charge is 2.01. The van der Waals surface area contributed by atoms with Crippen LogP contribution in [0.15, 0.2) is 24.8 Å². The Balaban J connectivity index is 3.24. The minimum Gasteiger partial charge on any atom is -0.507 e. The summed E-state index contributed by atoms with van der Waals surface area (Å²) in [4.78, 5) is 0. The van der Waals surface area contributed by atoms with Gasteiger partial charge >= 0.3 is 0 Å². The first-order valence-electron chi connectivity index (χ1n) is 3.21. The fourth-order valence-electron chi connectivity index (χ4n) is 0.905. The molecular formula is C9H9O2. The quantitative estimate of drug-likeness (QED) is 0.674. The number of hydrogen-bond donors (Lipinski definition) is 2. The van der Waals surface area contributed by atoms with E-state index in [1.165, 1.54) is 6.08 Å². The van der Waals surface area contributed by atoms with Gasteiger partial charge < -0.3 is 10.2 Å². The second-order valence-corrected chi connectivity index (χ2v) is 2.11. The summed E-state index contributed by atoms with van der Waals surface area (Å²) in [6, 6.07) is 4.89. The van der Waals surface area contributed by atoms with Gasteiger partial charge in [-0.2, -0.15) is 0 Å². The number of phenols is 1. The zero-order valence-electron chi connectivity index (χ0n) is 5.99. The van der Waals surface area contributed by atoms with Gasteiger partial charge in [-0.05, 0) is 11.6 Å². The summed E-state index contributed by atoms with van der Waals surface area (Å²) in [5.74, 6) is 0.128. The average molecular weight is 149 g/mol. The van der Waals surface area contributed by atoms with Crippen molar-refractivity contribution in [3.63, 3.8) is 0 Å². The molecule has 0 saturated carbocycles. The Morgan fingerprint density at radius 3 is 2.55 bits per heavy atom. The van der Waals surface area contributed by atoms with Crippen LogP contribution >= 0.6 is 0 Å². The van der Waals surface area contributed by atoms with Crippen LogP contribution in [0.3, 0.4) is 0 Å². The highest BCUT2D eigenvalue weighted by molar-refractivity contribution is 5.60. The van der Waals surface area contributed by atoms with Crippen LogP contribution in [0.25, 0.3) is 6.08 Å². The molecule has 0 aliphatic heterocycles. The molecule has 2 heteroatoms. The molecule has 0 aromatic heterocycles. The van der Waals surface area contributed by atoms with Crippen LogP contribution in [0, 0.1) is 6.61 Å². The molecular weight excluding hydrogens is 140 g/mol. The third-order valence-corrected chi connectivity index (χ3v) is 1.46. The van der Waals surface area contributed by atoms with E-state index in [2.05, 4.69) is 6.58 Å². The molecule has 0 amide bonds. The van der Waals surface area contributed by atoms with E-state index in [0.717, 1.165) is 6.61 Å². The number of phenolic OH excluding ortho intramolecular Hbond substituents is 1.